The van der Waals surface area contributed by atoms with Gasteiger partial charge in [0.1, 0.15) is 11.6 Å². The van der Waals surface area contributed by atoms with Crippen molar-refractivity contribution in [3.63, 3.8) is 0 Å². The van der Waals surface area contributed by atoms with Gasteiger partial charge in [0.05, 0.1) is 0 Å². The minimum atomic E-state index is -0.331. The fourth-order valence-corrected chi connectivity index (χ4v) is 2.96. The summed E-state index contributed by atoms with van der Waals surface area (Å²) in [5, 5.41) is 3.79. The van der Waals surface area contributed by atoms with E-state index in [-0.39, 0.29) is 17.7 Å². The fraction of sp³-hybridized carbons (Fsp3) is 0.250. The van der Waals surface area contributed by atoms with Gasteiger partial charge < -0.3 is 5.32 Å². The third kappa shape index (κ3) is 4.25. The number of rotatable bonds is 5. The van der Waals surface area contributed by atoms with E-state index in [1.54, 1.807) is 6.07 Å². The van der Waals surface area contributed by atoms with Gasteiger partial charge in [-0.05, 0) is 60.5 Å². The summed E-state index contributed by atoms with van der Waals surface area (Å²) < 4.78 is 27.7. The minimum Gasteiger partial charge on any atom is -0.310 e. The Morgan fingerprint density at radius 2 is 1.81 bits per heavy atom. The first-order valence-corrected chi connectivity index (χ1v) is 7.80. The van der Waals surface area contributed by atoms with Crippen molar-refractivity contribution in [3.8, 4) is 0 Å². The lowest BCUT2D eigenvalue weighted by molar-refractivity contribution is 0.538. The molecule has 0 bridgehead atoms. The van der Waals surface area contributed by atoms with Crippen molar-refractivity contribution in [1.82, 2.24) is 5.32 Å². The molecule has 0 aliphatic carbocycles. The molecule has 2 rings (SSSR count). The lowest BCUT2D eigenvalue weighted by Crippen LogP contribution is -2.23. The van der Waals surface area contributed by atoms with Gasteiger partial charge >= 0.3 is 0 Å². The molecule has 0 amide bonds. The topological polar surface area (TPSA) is 12.0 Å². The van der Waals surface area contributed by atoms with Gasteiger partial charge in [-0.2, -0.15) is 0 Å². The second kappa shape index (κ2) is 7.34. The Hall–Kier alpha value is -0.970. The monoisotopic (exact) mass is 373 g/mol. The smallest absolute Gasteiger partial charge is 0.123 e. The van der Waals surface area contributed by atoms with Crippen LogP contribution in [0.15, 0.2) is 40.9 Å². The summed E-state index contributed by atoms with van der Waals surface area (Å²) in [6.07, 6.45) is 0.479. The third-order valence-electron chi connectivity index (χ3n) is 3.22. The van der Waals surface area contributed by atoms with Crippen molar-refractivity contribution >= 4 is 27.5 Å². The van der Waals surface area contributed by atoms with Gasteiger partial charge in [0.2, 0.25) is 0 Å². The first-order chi connectivity index (χ1) is 10.0. The molecule has 2 aromatic carbocycles. The first-order valence-electron chi connectivity index (χ1n) is 6.63. The number of hydrogen-bond donors (Lipinski definition) is 1. The van der Waals surface area contributed by atoms with Crippen molar-refractivity contribution in [2.45, 2.75) is 19.4 Å². The van der Waals surface area contributed by atoms with Gasteiger partial charge in [-0.1, -0.05) is 34.5 Å². The van der Waals surface area contributed by atoms with Crippen molar-refractivity contribution in [1.29, 1.82) is 0 Å². The quantitative estimate of drug-likeness (QED) is 0.751. The molecule has 2 aromatic rings. The van der Waals surface area contributed by atoms with Crippen LogP contribution in [0.5, 0.6) is 0 Å². The molecule has 0 saturated carbocycles. The molecule has 0 spiro atoms. The molecule has 0 radical (unpaired) electrons. The second-order valence-corrected chi connectivity index (χ2v) is 5.98. The zero-order valence-electron chi connectivity index (χ0n) is 11.5. The van der Waals surface area contributed by atoms with Crippen molar-refractivity contribution in [2.75, 3.05) is 6.54 Å². The number of nitrogens with one attached hydrogen (secondary N) is 1. The van der Waals surface area contributed by atoms with Gasteiger partial charge in [0.25, 0.3) is 0 Å². The van der Waals surface area contributed by atoms with Crippen LogP contribution in [-0.4, -0.2) is 6.54 Å². The van der Waals surface area contributed by atoms with Crippen LogP contribution in [0.2, 0.25) is 5.02 Å². The van der Waals surface area contributed by atoms with E-state index in [1.165, 1.54) is 30.3 Å². The highest BCUT2D eigenvalue weighted by molar-refractivity contribution is 9.10. The summed E-state index contributed by atoms with van der Waals surface area (Å²) in [6.45, 7) is 2.67. The summed E-state index contributed by atoms with van der Waals surface area (Å²) in [5.41, 5.74) is 1.48. The summed E-state index contributed by atoms with van der Waals surface area (Å²) in [5.74, 6) is -0.635. The van der Waals surface area contributed by atoms with E-state index in [9.17, 15) is 8.78 Å². The zero-order valence-corrected chi connectivity index (χ0v) is 13.8. The Labute approximate surface area is 136 Å². The molecule has 1 nitrogen and oxygen atoms in total. The molecule has 5 heteroatoms. The summed E-state index contributed by atoms with van der Waals surface area (Å²) in [7, 11) is 0. The van der Waals surface area contributed by atoms with Crippen LogP contribution >= 0.6 is 27.5 Å². The standard InChI is InChI=1S/C16H15BrClF2N/c1-2-21-16(13-9-12(20)3-5-14(13)17)8-10-7-11(19)4-6-15(10)18/h3-7,9,16,21H,2,8H2,1H3. The Balaban J connectivity index is 2.35. The van der Waals surface area contributed by atoms with Crippen LogP contribution in [0, 0.1) is 11.6 Å². The van der Waals surface area contributed by atoms with Crippen LogP contribution in [0.4, 0.5) is 8.78 Å². The van der Waals surface area contributed by atoms with E-state index in [0.717, 1.165) is 10.0 Å². The molecule has 1 unspecified atom stereocenters. The van der Waals surface area contributed by atoms with E-state index in [0.29, 0.717) is 23.6 Å². The number of hydrogen-bond acceptors (Lipinski definition) is 1. The molecule has 0 heterocycles. The van der Waals surface area contributed by atoms with Crippen LogP contribution < -0.4 is 5.32 Å². The third-order valence-corrected chi connectivity index (χ3v) is 4.31. The molecule has 0 aromatic heterocycles. The van der Waals surface area contributed by atoms with Gasteiger partial charge in [0.15, 0.2) is 0 Å². The predicted molar refractivity (Wildman–Crippen MR) is 85.6 cm³/mol. The normalized spacial score (nSPS) is 12.4. The Kier molecular flexibility index (Phi) is 5.73. The summed E-state index contributed by atoms with van der Waals surface area (Å²) in [4.78, 5) is 0. The largest absolute Gasteiger partial charge is 0.310 e. The molecule has 0 aliphatic heterocycles. The summed E-state index contributed by atoms with van der Waals surface area (Å²) in [6, 6.07) is 8.67. The highest BCUT2D eigenvalue weighted by Crippen LogP contribution is 2.29. The molecule has 0 saturated heterocycles. The zero-order chi connectivity index (χ0) is 15.4. The Morgan fingerprint density at radius 3 is 2.52 bits per heavy atom. The lowest BCUT2D eigenvalue weighted by atomic mass is 9.98. The maximum atomic E-state index is 13.5. The SMILES string of the molecule is CCNC(Cc1cc(F)ccc1Cl)c1cc(F)ccc1Br. The molecule has 1 N–H and O–H groups in total. The summed E-state index contributed by atoms with van der Waals surface area (Å²) >= 11 is 9.55. The molecule has 0 aliphatic rings. The van der Waals surface area contributed by atoms with E-state index >= 15 is 0 Å². The second-order valence-electron chi connectivity index (χ2n) is 4.72. The number of halogens is 4. The highest BCUT2D eigenvalue weighted by Gasteiger charge is 2.17. The molecule has 112 valence electrons. The van der Waals surface area contributed by atoms with E-state index in [2.05, 4.69) is 21.2 Å². The lowest BCUT2D eigenvalue weighted by Gasteiger charge is -2.20. The highest BCUT2D eigenvalue weighted by atomic mass is 79.9. The Morgan fingerprint density at radius 1 is 1.14 bits per heavy atom. The van der Waals surface area contributed by atoms with Crippen molar-refractivity contribution in [2.24, 2.45) is 0 Å². The average Bonchev–Trinajstić information content (AvgIpc) is 2.45. The van der Waals surface area contributed by atoms with Crippen molar-refractivity contribution in [3.05, 3.63) is 68.7 Å². The minimum absolute atomic E-state index is 0.153. The van der Waals surface area contributed by atoms with Crippen LogP contribution in [0.1, 0.15) is 24.1 Å². The number of likely N-dealkylation sites (N-methyl/N-ethyl adjacent to an activating group) is 1. The van der Waals surface area contributed by atoms with Crippen LogP contribution in [0.3, 0.4) is 0 Å². The molecular weight excluding hydrogens is 360 g/mol. The Bertz CT molecular complexity index is 634. The van der Waals surface area contributed by atoms with E-state index < -0.39 is 0 Å². The van der Waals surface area contributed by atoms with Crippen LogP contribution in [-0.2, 0) is 6.42 Å². The van der Waals surface area contributed by atoms with E-state index in [4.69, 9.17) is 11.6 Å². The van der Waals surface area contributed by atoms with E-state index in [1.807, 2.05) is 6.92 Å². The van der Waals surface area contributed by atoms with Gasteiger partial charge in [-0.25, -0.2) is 8.78 Å². The predicted octanol–water partition coefficient (Wildman–Crippen LogP) is 5.27. The maximum Gasteiger partial charge on any atom is 0.123 e. The van der Waals surface area contributed by atoms with Gasteiger partial charge in [0, 0.05) is 15.5 Å². The van der Waals surface area contributed by atoms with Gasteiger partial charge in [-0.15, -0.1) is 0 Å². The van der Waals surface area contributed by atoms with Crippen molar-refractivity contribution < 1.29 is 8.78 Å². The molecule has 1 atom stereocenters. The molecule has 0 fully saturated rings. The fourth-order valence-electron chi connectivity index (χ4n) is 2.24. The number of benzene rings is 2. The maximum absolute atomic E-state index is 13.5. The van der Waals surface area contributed by atoms with Crippen LogP contribution in [0.25, 0.3) is 0 Å². The molecule has 21 heavy (non-hydrogen) atoms. The average molecular weight is 375 g/mol. The first kappa shape index (κ1) is 16.4. The van der Waals surface area contributed by atoms with Gasteiger partial charge in [-0.3, -0.25) is 0 Å². The molecular formula is C16H15BrClF2N.